The van der Waals surface area contributed by atoms with E-state index in [1.807, 2.05) is 0 Å². The van der Waals surface area contributed by atoms with E-state index in [2.05, 4.69) is 5.32 Å². The predicted octanol–water partition coefficient (Wildman–Crippen LogP) is 3.72. The molecule has 140 valence electrons. The standard InChI is InChI=1S/C19H16ClNO6/c1-24-11-4-5-15-10(6-11)7-12(19(23)27-15)18(22)21-14-9-16(25-2)13(20)8-17(14)26-3/h4-9H,1-3H3,(H,21,22). The molecule has 1 aromatic heterocycles. The highest BCUT2D eigenvalue weighted by Crippen LogP contribution is 2.36. The lowest BCUT2D eigenvalue weighted by Crippen LogP contribution is -2.21. The Morgan fingerprint density at radius 2 is 1.74 bits per heavy atom. The Labute approximate surface area is 159 Å². The smallest absolute Gasteiger partial charge is 0.349 e. The van der Waals surface area contributed by atoms with Crippen LogP contribution in [-0.4, -0.2) is 27.2 Å². The predicted molar refractivity (Wildman–Crippen MR) is 102 cm³/mol. The molecule has 0 bridgehead atoms. The number of ether oxygens (including phenoxy) is 3. The van der Waals surface area contributed by atoms with Crippen LogP contribution in [0.15, 0.2) is 45.6 Å². The van der Waals surface area contributed by atoms with Crippen molar-refractivity contribution >= 4 is 34.2 Å². The van der Waals surface area contributed by atoms with Crippen molar-refractivity contribution < 1.29 is 23.4 Å². The van der Waals surface area contributed by atoms with Crippen molar-refractivity contribution in [2.24, 2.45) is 0 Å². The number of hydrogen-bond acceptors (Lipinski definition) is 6. The van der Waals surface area contributed by atoms with Gasteiger partial charge in [0.2, 0.25) is 0 Å². The molecule has 8 heteroatoms. The average Bonchev–Trinajstić information content (AvgIpc) is 2.67. The first kappa shape index (κ1) is 18.6. The van der Waals surface area contributed by atoms with Crippen molar-refractivity contribution in [3.63, 3.8) is 0 Å². The summed E-state index contributed by atoms with van der Waals surface area (Å²) >= 11 is 6.06. The number of nitrogens with one attached hydrogen (secondary N) is 1. The van der Waals surface area contributed by atoms with Crippen molar-refractivity contribution in [3.8, 4) is 17.2 Å². The van der Waals surface area contributed by atoms with Gasteiger partial charge >= 0.3 is 5.63 Å². The molecule has 0 fully saturated rings. The van der Waals surface area contributed by atoms with Gasteiger partial charge in [-0.25, -0.2) is 4.79 Å². The minimum absolute atomic E-state index is 0.160. The molecule has 27 heavy (non-hydrogen) atoms. The second-order valence-electron chi connectivity index (χ2n) is 5.49. The minimum Gasteiger partial charge on any atom is -0.497 e. The Balaban J connectivity index is 2.01. The van der Waals surface area contributed by atoms with Crippen LogP contribution < -0.4 is 25.2 Å². The van der Waals surface area contributed by atoms with Crippen LogP contribution in [0.25, 0.3) is 11.0 Å². The maximum Gasteiger partial charge on any atom is 0.349 e. The summed E-state index contributed by atoms with van der Waals surface area (Å²) in [5.74, 6) is 0.590. The van der Waals surface area contributed by atoms with Crippen LogP contribution in [0.3, 0.4) is 0 Å². The van der Waals surface area contributed by atoms with Gasteiger partial charge in [0.1, 0.15) is 28.4 Å². The van der Waals surface area contributed by atoms with Crippen molar-refractivity contribution in [3.05, 3.63) is 57.4 Å². The summed E-state index contributed by atoms with van der Waals surface area (Å²) in [6.45, 7) is 0. The molecule has 2 aromatic carbocycles. The second kappa shape index (κ2) is 7.59. The summed E-state index contributed by atoms with van der Waals surface area (Å²) in [4.78, 5) is 24.9. The van der Waals surface area contributed by atoms with E-state index >= 15 is 0 Å². The number of halogens is 1. The van der Waals surface area contributed by atoms with Gasteiger partial charge in [0.15, 0.2) is 0 Å². The Kier molecular flexibility index (Phi) is 5.23. The van der Waals surface area contributed by atoms with E-state index in [0.717, 1.165) is 0 Å². The SMILES string of the molecule is COc1ccc2oc(=O)c(C(=O)Nc3cc(OC)c(Cl)cc3OC)cc2c1. The van der Waals surface area contributed by atoms with Crippen molar-refractivity contribution in [1.82, 2.24) is 0 Å². The topological polar surface area (TPSA) is 87.0 Å². The van der Waals surface area contributed by atoms with Gasteiger partial charge in [-0.2, -0.15) is 0 Å². The average molecular weight is 390 g/mol. The van der Waals surface area contributed by atoms with Gasteiger partial charge < -0.3 is 23.9 Å². The van der Waals surface area contributed by atoms with Crippen molar-refractivity contribution in [1.29, 1.82) is 0 Å². The lowest BCUT2D eigenvalue weighted by atomic mass is 10.1. The van der Waals surface area contributed by atoms with Gasteiger partial charge in [-0.15, -0.1) is 0 Å². The normalized spacial score (nSPS) is 10.5. The molecule has 1 heterocycles. The summed E-state index contributed by atoms with van der Waals surface area (Å²) in [6, 6.07) is 9.38. The zero-order valence-electron chi connectivity index (χ0n) is 14.8. The number of carbonyl (C=O) groups is 1. The molecule has 0 atom stereocenters. The molecule has 0 spiro atoms. The molecule has 0 unspecified atom stereocenters. The highest BCUT2D eigenvalue weighted by atomic mass is 35.5. The molecule has 3 rings (SSSR count). The number of rotatable bonds is 5. The van der Waals surface area contributed by atoms with Crippen LogP contribution in [0.5, 0.6) is 17.2 Å². The van der Waals surface area contributed by atoms with E-state index in [-0.39, 0.29) is 5.56 Å². The lowest BCUT2D eigenvalue weighted by molar-refractivity contribution is 0.102. The molecular weight excluding hydrogens is 374 g/mol. The molecule has 7 nitrogen and oxygen atoms in total. The van der Waals surface area contributed by atoms with Crippen LogP contribution in [0.1, 0.15) is 10.4 Å². The molecule has 1 N–H and O–H groups in total. The molecular formula is C19H16ClNO6. The first-order valence-corrected chi connectivity index (χ1v) is 8.19. The van der Waals surface area contributed by atoms with Gasteiger partial charge in [0.05, 0.1) is 32.0 Å². The van der Waals surface area contributed by atoms with Crippen LogP contribution in [0.4, 0.5) is 5.69 Å². The van der Waals surface area contributed by atoms with E-state index in [1.54, 1.807) is 18.2 Å². The summed E-state index contributed by atoms with van der Waals surface area (Å²) in [5.41, 5.74) is -0.270. The highest BCUT2D eigenvalue weighted by Gasteiger charge is 2.18. The molecule has 3 aromatic rings. The van der Waals surface area contributed by atoms with E-state index in [1.165, 1.54) is 39.5 Å². The Morgan fingerprint density at radius 3 is 2.41 bits per heavy atom. The monoisotopic (exact) mass is 389 g/mol. The van der Waals surface area contributed by atoms with Gasteiger partial charge in [0.25, 0.3) is 5.91 Å². The minimum atomic E-state index is -0.759. The first-order valence-electron chi connectivity index (χ1n) is 7.81. The summed E-state index contributed by atoms with van der Waals surface area (Å²) in [7, 11) is 4.41. The molecule has 0 radical (unpaired) electrons. The fourth-order valence-corrected chi connectivity index (χ4v) is 2.77. The van der Waals surface area contributed by atoms with Crippen molar-refractivity contribution in [2.45, 2.75) is 0 Å². The third-order valence-electron chi connectivity index (χ3n) is 3.91. The van der Waals surface area contributed by atoms with E-state index < -0.39 is 11.5 Å². The third kappa shape index (κ3) is 3.68. The summed E-state index contributed by atoms with van der Waals surface area (Å²) < 4.78 is 20.7. The first-order chi connectivity index (χ1) is 13.0. The van der Waals surface area contributed by atoms with Crippen LogP contribution in [0, 0.1) is 0 Å². The highest BCUT2D eigenvalue weighted by molar-refractivity contribution is 6.32. The van der Waals surface area contributed by atoms with Gasteiger partial charge in [-0.05, 0) is 24.3 Å². The van der Waals surface area contributed by atoms with E-state index in [0.29, 0.717) is 38.9 Å². The maximum absolute atomic E-state index is 12.7. The Morgan fingerprint density at radius 1 is 1.00 bits per heavy atom. The van der Waals surface area contributed by atoms with E-state index in [9.17, 15) is 9.59 Å². The van der Waals surface area contributed by atoms with Crippen molar-refractivity contribution in [2.75, 3.05) is 26.6 Å². The number of anilines is 1. The molecule has 0 aliphatic carbocycles. The number of fused-ring (bicyclic) bond motifs is 1. The van der Waals surface area contributed by atoms with E-state index in [4.69, 9.17) is 30.2 Å². The fourth-order valence-electron chi connectivity index (χ4n) is 2.53. The molecule has 1 amide bonds. The summed E-state index contributed by atoms with van der Waals surface area (Å²) in [5, 5.41) is 3.50. The number of methoxy groups -OCH3 is 3. The van der Waals surface area contributed by atoms with Gasteiger partial charge in [-0.3, -0.25) is 4.79 Å². The maximum atomic E-state index is 12.7. The third-order valence-corrected chi connectivity index (χ3v) is 4.20. The quantitative estimate of drug-likeness (QED) is 0.669. The largest absolute Gasteiger partial charge is 0.497 e. The zero-order valence-corrected chi connectivity index (χ0v) is 15.5. The molecule has 0 aliphatic rings. The second-order valence-corrected chi connectivity index (χ2v) is 5.90. The number of amides is 1. The molecule has 0 aliphatic heterocycles. The van der Waals surface area contributed by atoms with Crippen LogP contribution >= 0.6 is 11.6 Å². The Hall–Kier alpha value is -3.19. The van der Waals surface area contributed by atoms with Gasteiger partial charge in [-0.1, -0.05) is 11.6 Å². The van der Waals surface area contributed by atoms with Crippen LogP contribution in [0.2, 0.25) is 5.02 Å². The number of hydrogen-bond donors (Lipinski definition) is 1. The molecule has 0 saturated carbocycles. The number of carbonyl (C=O) groups excluding carboxylic acids is 1. The Bertz CT molecular complexity index is 1080. The number of benzene rings is 2. The van der Waals surface area contributed by atoms with Gasteiger partial charge in [0, 0.05) is 17.5 Å². The zero-order chi connectivity index (χ0) is 19.6. The van der Waals surface area contributed by atoms with Crippen LogP contribution in [-0.2, 0) is 0 Å². The lowest BCUT2D eigenvalue weighted by Gasteiger charge is -2.13. The summed E-state index contributed by atoms with van der Waals surface area (Å²) in [6.07, 6.45) is 0. The fraction of sp³-hybridized carbons (Fsp3) is 0.158. The molecule has 0 saturated heterocycles.